The number of hydrogen-bond donors (Lipinski definition) is 2. The van der Waals surface area contributed by atoms with Gasteiger partial charge in [0.05, 0.1) is 6.04 Å². The zero-order valence-corrected chi connectivity index (χ0v) is 12.5. The molecule has 2 N–H and O–H groups in total. The molecule has 1 spiro atoms. The first-order valence-corrected chi connectivity index (χ1v) is 8.39. The number of carbonyl (C=O) groups excluding carboxylic acids is 1. The van der Waals surface area contributed by atoms with Gasteiger partial charge in [0, 0.05) is 31.7 Å². The van der Waals surface area contributed by atoms with E-state index in [1.807, 2.05) is 0 Å². The first kappa shape index (κ1) is 14.3. The highest BCUT2D eigenvalue weighted by molar-refractivity contribution is 5.84. The summed E-state index contributed by atoms with van der Waals surface area (Å²) in [6, 6.07) is 0.0257. The SMILES string of the molecule is O=C(NCCC1CCCCC1)C1NCC12CCOCC2. The molecule has 2 aliphatic heterocycles. The Morgan fingerprint density at radius 1 is 1.20 bits per heavy atom. The van der Waals surface area contributed by atoms with Crippen molar-refractivity contribution >= 4 is 5.91 Å². The third kappa shape index (κ3) is 3.01. The Kier molecular flexibility index (Phi) is 4.61. The summed E-state index contributed by atoms with van der Waals surface area (Å²) < 4.78 is 5.43. The smallest absolute Gasteiger partial charge is 0.237 e. The van der Waals surface area contributed by atoms with Gasteiger partial charge in [0.15, 0.2) is 0 Å². The molecule has 4 heteroatoms. The molecule has 0 bridgehead atoms. The monoisotopic (exact) mass is 280 g/mol. The van der Waals surface area contributed by atoms with E-state index in [1.54, 1.807) is 0 Å². The van der Waals surface area contributed by atoms with Crippen molar-refractivity contribution in [3.05, 3.63) is 0 Å². The molecule has 1 aliphatic carbocycles. The second-order valence-electron chi connectivity index (χ2n) is 6.87. The van der Waals surface area contributed by atoms with Gasteiger partial charge in [-0.05, 0) is 25.2 Å². The highest BCUT2D eigenvalue weighted by Crippen LogP contribution is 2.39. The fourth-order valence-electron chi connectivity index (χ4n) is 4.08. The van der Waals surface area contributed by atoms with E-state index in [0.717, 1.165) is 51.5 Å². The summed E-state index contributed by atoms with van der Waals surface area (Å²) in [5, 5.41) is 6.49. The lowest BCUT2D eigenvalue weighted by Gasteiger charge is -2.51. The zero-order chi connectivity index (χ0) is 13.8. The standard InChI is InChI=1S/C16H28N2O2/c19-15(17-9-6-13-4-2-1-3-5-13)14-16(12-18-14)7-10-20-11-8-16/h13-14,18H,1-12H2,(H,17,19). The minimum absolute atomic E-state index is 0.0257. The molecule has 3 rings (SSSR count). The van der Waals surface area contributed by atoms with Crippen molar-refractivity contribution in [1.29, 1.82) is 0 Å². The Morgan fingerprint density at radius 2 is 1.95 bits per heavy atom. The second kappa shape index (κ2) is 6.44. The first-order chi connectivity index (χ1) is 9.80. The van der Waals surface area contributed by atoms with Crippen molar-refractivity contribution in [1.82, 2.24) is 10.6 Å². The maximum Gasteiger partial charge on any atom is 0.237 e. The third-order valence-electron chi connectivity index (χ3n) is 5.60. The molecule has 2 saturated heterocycles. The molecule has 1 amide bonds. The Morgan fingerprint density at radius 3 is 2.60 bits per heavy atom. The summed E-state index contributed by atoms with van der Waals surface area (Å²) in [6.07, 6.45) is 10.1. The van der Waals surface area contributed by atoms with Crippen LogP contribution in [0.3, 0.4) is 0 Å². The molecular weight excluding hydrogens is 252 g/mol. The maximum absolute atomic E-state index is 12.3. The molecule has 0 aromatic rings. The number of ether oxygens (including phenoxy) is 1. The lowest BCUT2D eigenvalue weighted by Crippen LogP contribution is -2.69. The van der Waals surface area contributed by atoms with Crippen LogP contribution in [0.15, 0.2) is 0 Å². The molecule has 3 fully saturated rings. The summed E-state index contributed by atoms with van der Waals surface area (Å²) in [7, 11) is 0. The largest absolute Gasteiger partial charge is 0.381 e. The van der Waals surface area contributed by atoms with Gasteiger partial charge in [-0.3, -0.25) is 4.79 Å². The molecule has 3 aliphatic rings. The molecule has 0 radical (unpaired) electrons. The van der Waals surface area contributed by atoms with Crippen LogP contribution in [0, 0.1) is 11.3 Å². The Bertz CT molecular complexity index is 333. The maximum atomic E-state index is 12.3. The van der Waals surface area contributed by atoms with Crippen molar-refractivity contribution < 1.29 is 9.53 Å². The van der Waals surface area contributed by atoms with Crippen LogP contribution in [0.25, 0.3) is 0 Å². The van der Waals surface area contributed by atoms with Gasteiger partial charge >= 0.3 is 0 Å². The summed E-state index contributed by atoms with van der Waals surface area (Å²) in [5.41, 5.74) is 0.188. The quantitative estimate of drug-likeness (QED) is 0.826. The zero-order valence-electron chi connectivity index (χ0n) is 12.5. The lowest BCUT2D eigenvalue weighted by molar-refractivity contribution is -0.135. The fraction of sp³-hybridized carbons (Fsp3) is 0.938. The van der Waals surface area contributed by atoms with Crippen molar-refractivity contribution in [3.63, 3.8) is 0 Å². The number of nitrogens with one attached hydrogen (secondary N) is 2. The summed E-state index contributed by atoms with van der Waals surface area (Å²) in [5.74, 6) is 1.06. The van der Waals surface area contributed by atoms with Crippen LogP contribution in [0.1, 0.15) is 51.4 Å². The van der Waals surface area contributed by atoms with Crippen LogP contribution in [0.4, 0.5) is 0 Å². The second-order valence-corrected chi connectivity index (χ2v) is 6.87. The minimum Gasteiger partial charge on any atom is -0.381 e. The highest BCUT2D eigenvalue weighted by Gasteiger charge is 2.50. The fourth-order valence-corrected chi connectivity index (χ4v) is 4.08. The molecule has 0 aromatic carbocycles. The van der Waals surface area contributed by atoms with Crippen molar-refractivity contribution in [3.8, 4) is 0 Å². The van der Waals surface area contributed by atoms with Crippen LogP contribution >= 0.6 is 0 Å². The molecule has 2 heterocycles. The molecule has 1 unspecified atom stereocenters. The van der Waals surface area contributed by atoms with Gasteiger partial charge in [-0.25, -0.2) is 0 Å². The van der Waals surface area contributed by atoms with Crippen LogP contribution in [0.2, 0.25) is 0 Å². The van der Waals surface area contributed by atoms with E-state index in [4.69, 9.17) is 4.74 Å². The van der Waals surface area contributed by atoms with Crippen LogP contribution in [-0.2, 0) is 9.53 Å². The Hall–Kier alpha value is -0.610. The summed E-state index contributed by atoms with van der Waals surface area (Å²) in [6.45, 7) is 3.46. The van der Waals surface area contributed by atoms with Crippen LogP contribution < -0.4 is 10.6 Å². The first-order valence-electron chi connectivity index (χ1n) is 8.39. The Balaban J connectivity index is 1.40. The van der Waals surface area contributed by atoms with Gasteiger partial charge < -0.3 is 15.4 Å². The predicted octanol–water partition coefficient (Wildman–Crippen LogP) is 1.84. The van der Waals surface area contributed by atoms with E-state index in [2.05, 4.69) is 10.6 Å². The van der Waals surface area contributed by atoms with Gasteiger partial charge in [-0.2, -0.15) is 0 Å². The lowest BCUT2D eigenvalue weighted by atomic mass is 9.67. The van der Waals surface area contributed by atoms with Gasteiger partial charge in [-0.1, -0.05) is 32.1 Å². The van der Waals surface area contributed by atoms with Crippen molar-refractivity contribution in [2.24, 2.45) is 11.3 Å². The van der Waals surface area contributed by atoms with E-state index < -0.39 is 0 Å². The van der Waals surface area contributed by atoms with Gasteiger partial charge in [0.1, 0.15) is 0 Å². The molecular formula is C16H28N2O2. The average molecular weight is 280 g/mol. The van der Waals surface area contributed by atoms with E-state index in [1.165, 1.54) is 32.1 Å². The van der Waals surface area contributed by atoms with Crippen molar-refractivity contribution in [2.75, 3.05) is 26.3 Å². The molecule has 20 heavy (non-hydrogen) atoms. The molecule has 1 atom stereocenters. The number of rotatable bonds is 4. The predicted molar refractivity (Wildman–Crippen MR) is 78.5 cm³/mol. The normalized spacial score (nSPS) is 29.9. The molecule has 4 nitrogen and oxygen atoms in total. The van der Waals surface area contributed by atoms with E-state index in [-0.39, 0.29) is 17.4 Å². The van der Waals surface area contributed by atoms with Crippen LogP contribution in [0.5, 0.6) is 0 Å². The Labute approximate surface area is 122 Å². The van der Waals surface area contributed by atoms with Gasteiger partial charge in [0.2, 0.25) is 5.91 Å². The van der Waals surface area contributed by atoms with Gasteiger partial charge in [-0.15, -0.1) is 0 Å². The third-order valence-corrected chi connectivity index (χ3v) is 5.60. The highest BCUT2D eigenvalue weighted by atomic mass is 16.5. The average Bonchev–Trinajstić information content (AvgIpc) is 2.48. The van der Waals surface area contributed by atoms with E-state index >= 15 is 0 Å². The number of carbonyl (C=O) groups is 1. The topological polar surface area (TPSA) is 50.4 Å². The number of amides is 1. The van der Waals surface area contributed by atoms with Crippen molar-refractivity contribution in [2.45, 2.75) is 57.4 Å². The summed E-state index contributed by atoms with van der Waals surface area (Å²) >= 11 is 0. The minimum atomic E-state index is 0.0257. The van der Waals surface area contributed by atoms with Crippen LogP contribution in [-0.4, -0.2) is 38.3 Å². The van der Waals surface area contributed by atoms with Gasteiger partial charge in [0.25, 0.3) is 0 Å². The summed E-state index contributed by atoms with van der Waals surface area (Å²) in [4.78, 5) is 12.3. The van der Waals surface area contributed by atoms with E-state index in [9.17, 15) is 4.79 Å². The number of hydrogen-bond acceptors (Lipinski definition) is 3. The molecule has 114 valence electrons. The molecule has 1 saturated carbocycles. The van der Waals surface area contributed by atoms with E-state index in [0.29, 0.717) is 0 Å². The molecule has 0 aromatic heterocycles.